The van der Waals surface area contributed by atoms with E-state index in [1.807, 2.05) is 0 Å². The molecule has 0 saturated heterocycles. The molecule has 0 aliphatic heterocycles. The summed E-state index contributed by atoms with van der Waals surface area (Å²) in [5, 5.41) is 2.93. The lowest BCUT2D eigenvalue weighted by Crippen LogP contribution is -2.34. The Bertz CT molecular complexity index is 1130. The summed E-state index contributed by atoms with van der Waals surface area (Å²) in [4.78, 5) is 12.3. The Morgan fingerprint density at radius 2 is 1.68 bits per heavy atom. The SMILES string of the molecule is Cn1cc(OC(=O)Nc2ccccc2-c2ccc(Cl)c(Cl)c2)c(C(F)(F)C(F)(F)F)c1. The van der Waals surface area contributed by atoms with Crippen molar-refractivity contribution in [2.45, 2.75) is 12.1 Å². The average molecular weight is 479 g/mol. The van der Waals surface area contributed by atoms with Crippen LogP contribution in [0.2, 0.25) is 10.0 Å². The summed E-state index contributed by atoms with van der Waals surface area (Å²) in [7, 11) is 1.22. The molecule has 1 N–H and O–H groups in total. The summed E-state index contributed by atoms with van der Waals surface area (Å²) < 4.78 is 71.6. The van der Waals surface area contributed by atoms with Crippen LogP contribution in [0.5, 0.6) is 5.75 Å². The largest absolute Gasteiger partial charge is 0.458 e. The average Bonchev–Trinajstić information content (AvgIpc) is 3.04. The van der Waals surface area contributed by atoms with Gasteiger partial charge in [0.1, 0.15) is 0 Å². The van der Waals surface area contributed by atoms with Crippen LogP contribution in [0, 0.1) is 0 Å². The zero-order valence-corrected chi connectivity index (χ0v) is 17.1. The van der Waals surface area contributed by atoms with E-state index in [-0.39, 0.29) is 10.7 Å². The van der Waals surface area contributed by atoms with E-state index in [0.717, 1.165) is 10.8 Å². The minimum Gasteiger partial charge on any atom is -0.408 e. The highest BCUT2D eigenvalue weighted by Crippen LogP contribution is 2.47. The number of benzene rings is 2. The van der Waals surface area contributed by atoms with Gasteiger partial charge in [-0.25, -0.2) is 4.79 Å². The van der Waals surface area contributed by atoms with Crippen LogP contribution in [0.1, 0.15) is 5.56 Å². The molecule has 1 amide bonds. The molecular weight excluding hydrogens is 466 g/mol. The molecule has 0 aliphatic rings. The first kappa shape index (κ1) is 22.9. The van der Waals surface area contributed by atoms with Crippen LogP contribution in [0.3, 0.4) is 0 Å². The number of alkyl halides is 5. The number of nitrogens with zero attached hydrogens (tertiary/aromatic N) is 1. The van der Waals surface area contributed by atoms with Gasteiger partial charge in [-0.3, -0.25) is 5.32 Å². The smallest absolute Gasteiger partial charge is 0.408 e. The number of rotatable bonds is 4. The Morgan fingerprint density at radius 1 is 1.00 bits per heavy atom. The number of nitrogens with one attached hydrogen (secondary N) is 1. The van der Waals surface area contributed by atoms with Crippen molar-refractivity contribution in [1.29, 1.82) is 0 Å². The maximum absolute atomic E-state index is 13.8. The maximum atomic E-state index is 13.8. The summed E-state index contributed by atoms with van der Waals surface area (Å²) in [6, 6.07) is 11.1. The van der Waals surface area contributed by atoms with E-state index < -0.39 is 29.5 Å². The number of aromatic nitrogens is 1. The molecule has 0 bridgehead atoms. The van der Waals surface area contributed by atoms with Crippen molar-refractivity contribution in [1.82, 2.24) is 4.57 Å². The van der Waals surface area contributed by atoms with Crippen molar-refractivity contribution in [3.8, 4) is 16.9 Å². The highest BCUT2D eigenvalue weighted by molar-refractivity contribution is 6.42. The fourth-order valence-corrected chi connectivity index (χ4v) is 3.07. The minimum atomic E-state index is -5.86. The van der Waals surface area contributed by atoms with Gasteiger partial charge in [-0.15, -0.1) is 0 Å². The van der Waals surface area contributed by atoms with Gasteiger partial charge in [0.2, 0.25) is 0 Å². The first-order valence-corrected chi connectivity index (χ1v) is 9.30. The molecule has 0 spiro atoms. The molecule has 1 heterocycles. The number of carbonyl (C=O) groups excluding carboxylic acids is 1. The number of carbonyl (C=O) groups is 1. The summed E-state index contributed by atoms with van der Waals surface area (Å²) in [5.74, 6) is -6.13. The van der Waals surface area contributed by atoms with Crippen LogP contribution >= 0.6 is 23.2 Å². The van der Waals surface area contributed by atoms with Gasteiger partial charge in [-0.05, 0) is 23.8 Å². The van der Waals surface area contributed by atoms with Crippen molar-refractivity contribution in [2.75, 3.05) is 5.32 Å². The monoisotopic (exact) mass is 478 g/mol. The fourth-order valence-electron chi connectivity index (χ4n) is 2.77. The van der Waals surface area contributed by atoms with Crippen LogP contribution < -0.4 is 10.1 Å². The molecule has 11 heteroatoms. The molecule has 2 aromatic carbocycles. The second kappa shape index (κ2) is 8.39. The van der Waals surface area contributed by atoms with Crippen LogP contribution in [0.15, 0.2) is 54.9 Å². The van der Waals surface area contributed by atoms with Crippen molar-refractivity contribution in [2.24, 2.45) is 7.05 Å². The predicted octanol–water partition coefficient (Wildman–Crippen LogP) is 7.26. The minimum absolute atomic E-state index is 0.214. The number of ether oxygens (including phenoxy) is 1. The van der Waals surface area contributed by atoms with E-state index in [9.17, 15) is 26.7 Å². The van der Waals surface area contributed by atoms with E-state index in [1.165, 1.54) is 13.1 Å². The van der Waals surface area contributed by atoms with E-state index >= 15 is 0 Å². The fraction of sp³-hybridized carbons (Fsp3) is 0.150. The number of amides is 1. The number of aryl methyl sites for hydroxylation is 1. The third kappa shape index (κ3) is 4.77. The molecule has 3 aromatic rings. The highest BCUT2D eigenvalue weighted by Gasteiger charge is 2.60. The first-order chi connectivity index (χ1) is 14.4. The molecule has 1 aromatic heterocycles. The van der Waals surface area contributed by atoms with Gasteiger partial charge >= 0.3 is 18.2 Å². The Morgan fingerprint density at radius 3 is 2.32 bits per heavy atom. The quantitative estimate of drug-likeness (QED) is 0.400. The molecular formula is C20H13Cl2F5N2O2. The zero-order chi connectivity index (χ0) is 23.0. The number of hydrogen-bond acceptors (Lipinski definition) is 2. The summed E-state index contributed by atoms with van der Waals surface area (Å²) in [6.07, 6.45) is -5.72. The van der Waals surface area contributed by atoms with Gasteiger partial charge in [0.15, 0.2) is 5.75 Å². The summed E-state index contributed by atoms with van der Waals surface area (Å²) >= 11 is 11.9. The molecule has 164 valence electrons. The van der Waals surface area contributed by atoms with Crippen molar-refractivity contribution in [3.63, 3.8) is 0 Å². The van der Waals surface area contributed by atoms with Crippen LogP contribution in [0.4, 0.5) is 32.4 Å². The van der Waals surface area contributed by atoms with Gasteiger partial charge in [0.25, 0.3) is 0 Å². The lowest BCUT2D eigenvalue weighted by atomic mass is 10.0. The zero-order valence-electron chi connectivity index (χ0n) is 15.6. The van der Waals surface area contributed by atoms with Gasteiger partial charge in [0.05, 0.1) is 21.3 Å². The molecule has 0 saturated carbocycles. The molecule has 3 rings (SSSR count). The number of para-hydroxylation sites is 1. The number of anilines is 1. The molecule has 0 unspecified atom stereocenters. The molecule has 31 heavy (non-hydrogen) atoms. The van der Waals surface area contributed by atoms with Crippen molar-refractivity contribution in [3.05, 3.63) is 70.5 Å². The van der Waals surface area contributed by atoms with Gasteiger partial charge in [-0.2, -0.15) is 22.0 Å². The Labute approximate surface area is 183 Å². The van der Waals surface area contributed by atoms with Crippen molar-refractivity contribution < 1.29 is 31.5 Å². The van der Waals surface area contributed by atoms with E-state index in [0.29, 0.717) is 22.3 Å². The third-order valence-corrected chi connectivity index (χ3v) is 4.95. The molecule has 0 fully saturated rings. The summed E-state index contributed by atoms with van der Waals surface area (Å²) in [5.41, 5.74) is -0.192. The molecule has 0 atom stereocenters. The van der Waals surface area contributed by atoms with Crippen LogP contribution in [-0.2, 0) is 13.0 Å². The summed E-state index contributed by atoms with van der Waals surface area (Å²) in [6.45, 7) is 0. The Balaban J connectivity index is 1.88. The van der Waals surface area contributed by atoms with Crippen LogP contribution in [-0.4, -0.2) is 16.8 Å². The van der Waals surface area contributed by atoms with Crippen LogP contribution in [0.25, 0.3) is 11.1 Å². The Hall–Kier alpha value is -2.78. The van der Waals surface area contributed by atoms with E-state index in [2.05, 4.69) is 5.32 Å². The molecule has 0 radical (unpaired) electrons. The van der Waals surface area contributed by atoms with Gasteiger partial charge < -0.3 is 9.30 Å². The molecule has 4 nitrogen and oxygen atoms in total. The molecule has 0 aliphatic carbocycles. The normalized spacial score (nSPS) is 12.0. The van der Waals surface area contributed by atoms with E-state index in [4.69, 9.17) is 27.9 Å². The maximum Gasteiger partial charge on any atom is 0.458 e. The van der Waals surface area contributed by atoms with Gasteiger partial charge in [-0.1, -0.05) is 47.5 Å². The second-order valence-electron chi connectivity index (χ2n) is 6.46. The Kier molecular flexibility index (Phi) is 6.20. The number of halogens is 7. The standard InChI is InChI=1S/C20H13Cl2F5N2O2/c1-29-9-13(19(23,24)20(25,26)27)17(10-29)31-18(30)28-16-5-3-2-4-12(16)11-6-7-14(21)15(22)8-11/h2-10H,1H3,(H,28,30). The topological polar surface area (TPSA) is 43.3 Å². The second-order valence-corrected chi connectivity index (χ2v) is 7.28. The van der Waals surface area contributed by atoms with E-state index in [1.54, 1.807) is 36.4 Å². The first-order valence-electron chi connectivity index (χ1n) is 8.54. The third-order valence-electron chi connectivity index (χ3n) is 4.21. The highest BCUT2D eigenvalue weighted by atomic mass is 35.5. The number of hydrogen-bond donors (Lipinski definition) is 1. The van der Waals surface area contributed by atoms with Gasteiger partial charge in [0, 0.05) is 25.0 Å². The lowest BCUT2D eigenvalue weighted by molar-refractivity contribution is -0.289. The van der Waals surface area contributed by atoms with Crippen molar-refractivity contribution >= 4 is 35.0 Å². The predicted molar refractivity (Wildman–Crippen MR) is 107 cm³/mol. The lowest BCUT2D eigenvalue weighted by Gasteiger charge is -2.19.